The van der Waals surface area contributed by atoms with Gasteiger partial charge in [-0.1, -0.05) is 55.8 Å². The van der Waals surface area contributed by atoms with E-state index < -0.39 is 0 Å². The summed E-state index contributed by atoms with van der Waals surface area (Å²) in [5, 5.41) is 3.35. The highest BCUT2D eigenvalue weighted by atomic mass is 35.5. The van der Waals surface area contributed by atoms with Crippen molar-refractivity contribution < 1.29 is 4.79 Å². The van der Waals surface area contributed by atoms with Crippen LogP contribution in [0.4, 0.5) is 11.4 Å². The van der Waals surface area contributed by atoms with E-state index in [-0.39, 0.29) is 5.91 Å². The summed E-state index contributed by atoms with van der Waals surface area (Å²) in [6, 6.07) is 11.6. The first kappa shape index (κ1) is 14.8. The molecule has 0 radical (unpaired) electrons. The monoisotopic (exact) mass is 312 g/mol. The van der Waals surface area contributed by atoms with Crippen molar-refractivity contribution in [3.8, 4) is 0 Å². The molecule has 0 atom stereocenters. The Hall–Kier alpha value is -2.13. The van der Waals surface area contributed by atoms with E-state index in [1.807, 2.05) is 18.2 Å². The minimum Gasteiger partial charge on any atom is -0.319 e. The predicted molar refractivity (Wildman–Crippen MR) is 91.5 cm³/mol. The molecular weight excluding hydrogens is 296 g/mol. The van der Waals surface area contributed by atoms with Gasteiger partial charge in [0.05, 0.1) is 16.4 Å². The average molecular weight is 313 g/mol. The van der Waals surface area contributed by atoms with E-state index in [4.69, 9.17) is 16.6 Å². The van der Waals surface area contributed by atoms with Gasteiger partial charge >= 0.3 is 0 Å². The predicted octanol–water partition coefficient (Wildman–Crippen LogP) is 4.54. The molecule has 2 aromatic rings. The number of aryl methyl sites for hydroxylation is 2. The molecule has 1 heterocycles. The van der Waals surface area contributed by atoms with Gasteiger partial charge in [-0.2, -0.15) is 0 Å². The third-order valence-electron chi connectivity index (χ3n) is 3.91. The van der Waals surface area contributed by atoms with Gasteiger partial charge in [0.25, 0.3) is 5.91 Å². The van der Waals surface area contributed by atoms with Gasteiger partial charge in [0.1, 0.15) is 5.71 Å². The van der Waals surface area contributed by atoms with E-state index in [0.717, 1.165) is 35.2 Å². The van der Waals surface area contributed by atoms with E-state index >= 15 is 0 Å². The van der Waals surface area contributed by atoms with Crippen LogP contribution in [0, 0.1) is 0 Å². The van der Waals surface area contributed by atoms with Crippen molar-refractivity contribution >= 4 is 34.6 Å². The molecule has 1 aliphatic rings. The number of hydrogen-bond donors (Lipinski definition) is 1. The Morgan fingerprint density at radius 3 is 2.32 bits per heavy atom. The van der Waals surface area contributed by atoms with Crippen LogP contribution in [0.1, 0.15) is 30.5 Å². The van der Waals surface area contributed by atoms with Crippen molar-refractivity contribution in [3.05, 3.63) is 58.1 Å². The summed E-state index contributed by atoms with van der Waals surface area (Å²) in [7, 11) is 0. The van der Waals surface area contributed by atoms with E-state index in [1.165, 1.54) is 0 Å². The van der Waals surface area contributed by atoms with Gasteiger partial charge in [0, 0.05) is 5.56 Å². The second kappa shape index (κ2) is 5.93. The molecule has 22 heavy (non-hydrogen) atoms. The van der Waals surface area contributed by atoms with E-state index in [0.29, 0.717) is 16.4 Å². The van der Waals surface area contributed by atoms with Gasteiger partial charge in [-0.05, 0) is 30.0 Å². The molecule has 0 bridgehead atoms. The van der Waals surface area contributed by atoms with Gasteiger partial charge in [-0.25, -0.2) is 4.99 Å². The first-order chi connectivity index (χ1) is 10.7. The number of benzene rings is 2. The highest BCUT2D eigenvalue weighted by molar-refractivity contribution is 6.55. The molecule has 3 rings (SSSR count). The van der Waals surface area contributed by atoms with E-state index in [9.17, 15) is 4.79 Å². The van der Waals surface area contributed by atoms with Crippen LogP contribution in [0.2, 0.25) is 5.02 Å². The summed E-state index contributed by atoms with van der Waals surface area (Å²) in [5.74, 6) is -0.198. The Kier molecular flexibility index (Phi) is 3.99. The van der Waals surface area contributed by atoms with Crippen molar-refractivity contribution in [1.29, 1.82) is 0 Å². The van der Waals surface area contributed by atoms with Gasteiger partial charge in [-0.3, -0.25) is 4.79 Å². The second-order valence-corrected chi connectivity index (χ2v) is 5.62. The number of carbonyl (C=O) groups is 1. The second-order valence-electron chi connectivity index (χ2n) is 5.21. The standard InChI is InChI=1S/C18H17ClN2O/c1-3-11-7-5-8-12(4-2)15(11)20-17-13-9-6-10-14(19)16(13)21-18(17)22/h5-10H,3-4H2,1-2H3,(H,20,21,22). The number of nitrogens with one attached hydrogen (secondary N) is 1. The fraction of sp³-hybridized carbons (Fsp3) is 0.222. The zero-order valence-corrected chi connectivity index (χ0v) is 13.4. The van der Waals surface area contributed by atoms with Crippen LogP contribution < -0.4 is 5.32 Å². The number of nitrogens with zero attached hydrogens (tertiary/aromatic N) is 1. The highest BCUT2D eigenvalue weighted by Crippen LogP contribution is 2.34. The van der Waals surface area contributed by atoms with Crippen LogP contribution in [-0.2, 0) is 17.6 Å². The van der Waals surface area contributed by atoms with Crippen molar-refractivity contribution in [2.45, 2.75) is 26.7 Å². The number of carbonyl (C=O) groups excluding carboxylic acids is 1. The van der Waals surface area contributed by atoms with Crippen LogP contribution in [0.3, 0.4) is 0 Å². The average Bonchev–Trinajstić information content (AvgIpc) is 2.85. The first-order valence-corrected chi connectivity index (χ1v) is 7.83. The molecule has 1 N–H and O–H groups in total. The summed E-state index contributed by atoms with van der Waals surface area (Å²) < 4.78 is 0. The van der Waals surface area contributed by atoms with Crippen LogP contribution in [0.15, 0.2) is 41.4 Å². The minimum atomic E-state index is -0.198. The number of rotatable bonds is 3. The Morgan fingerprint density at radius 2 is 1.68 bits per heavy atom. The number of fused-ring (bicyclic) bond motifs is 1. The molecule has 112 valence electrons. The summed E-state index contributed by atoms with van der Waals surface area (Å²) in [6.07, 6.45) is 1.76. The molecular formula is C18H17ClN2O. The number of halogens is 1. The fourth-order valence-electron chi connectivity index (χ4n) is 2.73. The number of aliphatic imine (C=N–C) groups is 1. The topological polar surface area (TPSA) is 41.5 Å². The molecule has 3 nitrogen and oxygen atoms in total. The summed E-state index contributed by atoms with van der Waals surface area (Å²) >= 11 is 6.15. The lowest BCUT2D eigenvalue weighted by Crippen LogP contribution is -2.14. The fourth-order valence-corrected chi connectivity index (χ4v) is 2.95. The van der Waals surface area contributed by atoms with Crippen molar-refractivity contribution in [1.82, 2.24) is 0 Å². The van der Waals surface area contributed by atoms with Crippen LogP contribution >= 0.6 is 11.6 Å². The summed E-state index contributed by atoms with van der Waals surface area (Å²) in [6.45, 7) is 4.19. The summed E-state index contributed by atoms with van der Waals surface area (Å²) in [5.41, 5.74) is 5.06. The quantitative estimate of drug-likeness (QED) is 0.888. The molecule has 1 aliphatic heterocycles. The third-order valence-corrected chi connectivity index (χ3v) is 4.23. The van der Waals surface area contributed by atoms with Crippen LogP contribution in [0.25, 0.3) is 0 Å². The largest absolute Gasteiger partial charge is 0.319 e. The van der Waals surface area contributed by atoms with Gasteiger partial charge < -0.3 is 5.32 Å². The molecule has 0 aromatic heterocycles. The van der Waals surface area contributed by atoms with E-state index in [1.54, 1.807) is 6.07 Å². The molecule has 0 aliphatic carbocycles. The summed E-state index contributed by atoms with van der Waals surface area (Å²) in [4.78, 5) is 17.0. The molecule has 0 fully saturated rings. The molecule has 1 amide bonds. The Balaban J connectivity index is 2.19. The van der Waals surface area contributed by atoms with Gasteiger partial charge in [0.2, 0.25) is 0 Å². The normalized spacial score (nSPS) is 15.0. The van der Waals surface area contributed by atoms with Crippen LogP contribution in [-0.4, -0.2) is 11.6 Å². The maximum atomic E-state index is 12.3. The molecule has 0 spiro atoms. The van der Waals surface area contributed by atoms with Gasteiger partial charge in [-0.15, -0.1) is 0 Å². The lowest BCUT2D eigenvalue weighted by Gasteiger charge is -2.09. The molecule has 4 heteroatoms. The molecule has 0 saturated carbocycles. The maximum Gasteiger partial charge on any atom is 0.275 e. The number of amides is 1. The number of anilines is 1. The molecule has 2 aromatic carbocycles. The lowest BCUT2D eigenvalue weighted by molar-refractivity contribution is -0.110. The molecule has 0 saturated heterocycles. The van der Waals surface area contributed by atoms with Crippen molar-refractivity contribution in [2.24, 2.45) is 4.99 Å². The third kappa shape index (κ3) is 2.42. The zero-order chi connectivity index (χ0) is 15.7. The van der Waals surface area contributed by atoms with E-state index in [2.05, 4.69) is 31.3 Å². The number of para-hydroxylation sites is 2. The maximum absolute atomic E-state index is 12.3. The van der Waals surface area contributed by atoms with Crippen LogP contribution in [0.5, 0.6) is 0 Å². The highest BCUT2D eigenvalue weighted by Gasteiger charge is 2.28. The first-order valence-electron chi connectivity index (χ1n) is 7.45. The Labute approximate surface area is 135 Å². The lowest BCUT2D eigenvalue weighted by atomic mass is 10.0. The smallest absolute Gasteiger partial charge is 0.275 e. The van der Waals surface area contributed by atoms with Gasteiger partial charge in [0.15, 0.2) is 0 Å². The molecule has 0 unspecified atom stereocenters. The Morgan fingerprint density at radius 1 is 1.05 bits per heavy atom. The Bertz CT molecular complexity index is 758. The SMILES string of the molecule is CCc1cccc(CC)c1N=C1C(=O)Nc2c(Cl)cccc21. The zero-order valence-electron chi connectivity index (χ0n) is 12.6. The van der Waals surface area contributed by atoms with Crippen molar-refractivity contribution in [3.63, 3.8) is 0 Å². The van der Waals surface area contributed by atoms with Crippen molar-refractivity contribution in [2.75, 3.05) is 5.32 Å². The number of hydrogen-bond acceptors (Lipinski definition) is 2. The minimum absolute atomic E-state index is 0.198.